The Morgan fingerprint density at radius 1 is 1.33 bits per heavy atom. The van der Waals surface area contributed by atoms with Gasteiger partial charge in [-0.05, 0) is 37.8 Å². The van der Waals surface area contributed by atoms with Gasteiger partial charge in [0.25, 0.3) is 0 Å². The third kappa shape index (κ3) is 3.49. The standard InChI is InChI=1S/C15H22N2O/c1-2-17(12-13-7-6-8-13)15(18)11-16-14-9-4-3-5-10-14/h3-5,9-10,13,16H,2,6-8,11-12H2,1H3. The lowest BCUT2D eigenvalue weighted by molar-refractivity contribution is -0.130. The summed E-state index contributed by atoms with van der Waals surface area (Å²) < 4.78 is 0. The van der Waals surface area contributed by atoms with E-state index >= 15 is 0 Å². The van der Waals surface area contributed by atoms with Gasteiger partial charge in [-0.2, -0.15) is 0 Å². The number of nitrogens with zero attached hydrogens (tertiary/aromatic N) is 1. The maximum absolute atomic E-state index is 12.1. The number of rotatable bonds is 6. The number of para-hydroxylation sites is 1. The monoisotopic (exact) mass is 246 g/mol. The van der Waals surface area contributed by atoms with Gasteiger partial charge >= 0.3 is 0 Å². The molecule has 0 spiro atoms. The zero-order chi connectivity index (χ0) is 12.8. The molecule has 1 N–H and O–H groups in total. The molecule has 2 rings (SSSR count). The lowest BCUT2D eigenvalue weighted by Gasteiger charge is -2.32. The number of benzene rings is 1. The predicted octanol–water partition coefficient (Wildman–Crippen LogP) is 2.75. The molecule has 1 amide bonds. The van der Waals surface area contributed by atoms with Gasteiger partial charge in [-0.3, -0.25) is 4.79 Å². The summed E-state index contributed by atoms with van der Waals surface area (Å²) in [6, 6.07) is 9.88. The van der Waals surface area contributed by atoms with Gasteiger partial charge in [0.2, 0.25) is 5.91 Å². The van der Waals surface area contributed by atoms with Gasteiger partial charge in [-0.1, -0.05) is 24.6 Å². The summed E-state index contributed by atoms with van der Waals surface area (Å²) in [5.74, 6) is 0.943. The summed E-state index contributed by atoms with van der Waals surface area (Å²) in [7, 11) is 0. The Balaban J connectivity index is 1.78. The lowest BCUT2D eigenvalue weighted by Crippen LogP contribution is -2.40. The fourth-order valence-electron chi connectivity index (χ4n) is 2.24. The van der Waals surface area contributed by atoms with Crippen molar-refractivity contribution in [2.45, 2.75) is 26.2 Å². The minimum Gasteiger partial charge on any atom is -0.376 e. The Bertz CT molecular complexity index is 373. The summed E-state index contributed by atoms with van der Waals surface area (Å²) in [6.07, 6.45) is 3.91. The van der Waals surface area contributed by atoms with E-state index < -0.39 is 0 Å². The van der Waals surface area contributed by atoms with Crippen molar-refractivity contribution in [2.24, 2.45) is 5.92 Å². The van der Waals surface area contributed by atoms with Crippen LogP contribution in [0.15, 0.2) is 30.3 Å². The molecule has 1 fully saturated rings. The molecule has 98 valence electrons. The predicted molar refractivity (Wildman–Crippen MR) is 74.5 cm³/mol. The maximum Gasteiger partial charge on any atom is 0.241 e. The highest BCUT2D eigenvalue weighted by Crippen LogP contribution is 2.27. The molecule has 1 aromatic carbocycles. The van der Waals surface area contributed by atoms with Crippen molar-refractivity contribution in [1.82, 2.24) is 4.90 Å². The number of carbonyl (C=O) groups excluding carboxylic acids is 1. The van der Waals surface area contributed by atoms with E-state index in [4.69, 9.17) is 0 Å². The number of nitrogens with one attached hydrogen (secondary N) is 1. The molecule has 18 heavy (non-hydrogen) atoms. The molecular formula is C15H22N2O. The fraction of sp³-hybridized carbons (Fsp3) is 0.533. The van der Waals surface area contributed by atoms with Crippen LogP contribution in [0.2, 0.25) is 0 Å². The van der Waals surface area contributed by atoms with Crippen LogP contribution in [0.1, 0.15) is 26.2 Å². The molecule has 3 nitrogen and oxygen atoms in total. The first-order valence-corrected chi connectivity index (χ1v) is 6.86. The molecule has 0 aromatic heterocycles. The van der Waals surface area contributed by atoms with Crippen molar-refractivity contribution < 1.29 is 4.79 Å². The first-order chi connectivity index (χ1) is 8.79. The number of likely N-dealkylation sites (N-methyl/N-ethyl adjacent to an activating group) is 1. The van der Waals surface area contributed by atoms with Crippen LogP contribution in [0.3, 0.4) is 0 Å². The topological polar surface area (TPSA) is 32.3 Å². The molecule has 0 aliphatic heterocycles. The van der Waals surface area contributed by atoms with Crippen molar-refractivity contribution in [3.63, 3.8) is 0 Å². The number of hydrogen-bond donors (Lipinski definition) is 1. The number of amides is 1. The third-order valence-corrected chi connectivity index (χ3v) is 3.66. The van der Waals surface area contributed by atoms with Crippen LogP contribution in [-0.4, -0.2) is 30.4 Å². The van der Waals surface area contributed by atoms with Crippen molar-refractivity contribution >= 4 is 11.6 Å². The summed E-state index contributed by atoms with van der Waals surface area (Å²) in [5.41, 5.74) is 1.01. The molecule has 1 aliphatic rings. The molecule has 0 saturated heterocycles. The van der Waals surface area contributed by atoms with Crippen LogP contribution in [0.4, 0.5) is 5.69 Å². The molecule has 1 aliphatic carbocycles. The van der Waals surface area contributed by atoms with Gasteiger partial charge in [-0.15, -0.1) is 0 Å². The highest BCUT2D eigenvalue weighted by atomic mass is 16.2. The summed E-state index contributed by atoms with van der Waals surface area (Å²) in [4.78, 5) is 14.1. The van der Waals surface area contributed by atoms with Crippen molar-refractivity contribution in [3.05, 3.63) is 30.3 Å². The minimum atomic E-state index is 0.202. The zero-order valence-electron chi connectivity index (χ0n) is 11.1. The molecular weight excluding hydrogens is 224 g/mol. The summed E-state index contributed by atoms with van der Waals surface area (Å²) >= 11 is 0. The highest BCUT2D eigenvalue weighted by molar-refractivity contribution is 5.80. The Morgan fingerprint density at radius 3 is 2.61 bits per heavy atom. The average Bonchev–Trinajstić information content (AvgIpc) is 2.36. The minimum absolute atomic E-state index is 0.202. The van der Waals surface area contributed by atoms with Crippen molar-refractivity contribution in [1.29, 1.82) is 0 Å². The molecule has 0 heterocycles. The van der Waals surface area contributed by atoms with E-state index in [1.165, 1.54) is 19.3 Å². The maximum atomic E-state index is 12.1. The quantitative estimate of drug-likeness (QED) is 0.837. The number of anilines is 1. The van der Waals surface area contributed by atoms with Crippen molar-refractivity contribution in [3.8, 4) is 0 Å². The first kappa shape index (κ1) is 12.9. The van der Waals surface area contributed by atoms with E-state index in [1.54, 1.807) is 0 Å². The second-order valence-corrected chi connectivity index (χ2v) is 4.95. The third-order valence-electron chi connectivity index (χ3n) is 3.66. The molecule has 3 heteroatoms. The number of hydrogen-bond acceptors (Lipinski definition) is 2. The average molecular weight is 246 g/mol. The summed E-state index contributed by atoms with van der Waals surface area (Å²) in [6.45, 7) is 4.20. The van der Waals surface area contributed by atoms with Gasteiger partial charge in [-0.25, -0.2) is 0 Å². The Labute approximate surface area is 109 Å². The largest absolute Gasteiger partial charge is 0.376 e. The normalized spacial score (nSPS) is 14.9. The second-order valence-electron chi connectivity index (χ2n) is 4.95. The first-order valence-electron chi connectivity index (χ1n) is 6.86. The molecule has 0 unspecified atom stereocenters. The Kier molecular flexibility index (Phi) is 4.62. The van der Waals surface area contributed by atoms with Crippen LogP contribution < -0.4 is 5.32 Å². The molecule has 1 aromatic rings. The van der Waals surface area contributed by atoms with Gasteiger partial charge in [0.1, 0.15) is 0 Å². The van der Waals surface area contributed by atoms with Gasteiger partial charge in [0, 0.05) is 18.8 Å². The van der Waals surface area contributed by atoms with Crippen LogP contribution in [0.25, 0.3) is 0 Å². The van der Waals surface area contributed by atoms with Crippen LogP contribution in [0.5, 0.6) is 0 Å². The van der Waals surface area contributed by atoms with E-state index in [2.05, 4.69) is 12.2 Å². The van der Waals surface area contributed by atoms with E-state index in [0.29, 0.717) is 6.54 Å². The van der Waals surface area contributed by atoms with E-state index in [-0.39, 0.29) is 5.91 Å². The van der Waals surface area contributed by atoms with Gasteiger partial charge in [0.05, 0.1) is 6.54 Å². The van der Waals surface area contributed by atoms with Crippen LogP contribution in [-0.2, 0) is 4.79 Å². The van der Waals surface area contributed by atoms with Gasteiger partial charge < -0.3 is 10.2 Å². The second kappa shape index (κ2) is 6.43. The van der Waals surface area contributed by atoms with Crippen LogP contribution >= 0.6 is 0 Å². The zero-order valence-corrected chi connectivity index (χ0v) is 11.1. The van der Waals surface area contributed by atoms with E-state index in [1.807, 2.05) is 35.2 Å². The molecule has 1 saturated carbocycles. The smallest absolute Gasteiger partial charge is 0.241 e. The Hall–Kier alpha value is -1.51. The molecule has 0 atom stereocenters. The van der Waals surface area contributed by atoms with Crippen molar-refractivity contribution in [2.75, 3.05) is 25.0 Å². The molecule has 0 radical (unpaired) electrons. The SMILES string of the molecule is CCN(CC1CCC1)C(=O)CNc1ccccc1. The van der Waals surface area contributed by atoms with Crippen LogP contribution in [0, 0.1) is 5.92 Å². The number of carbonyl (C=O) groups is 1. The van der Waals surface area contributed by atoms with Gasteiger partial charge in [0.15, 0.2) is 0 Å². The molecule has 0 bridgehead atoms. The lowest BCUT2D eigenvalue weighted by atomic mass is 9.85. The fourth-order valence-corrected chi connectivity index (χ4v) is 2.24. The highest BCUT2D eigenvalue weighted by Gasteiger charge is 2.22. The summed E-state index contributed by atoms with van der Waals surface area (Å²) in [5, 5.41) is 3.18. The van der Waals surface area contributed by atoms with E-state index in [0.717, 1.165) is 24.7 Å². The Morgan fingerprint density at radius 2 is 2.06 bits per heavy atom. The van der Waals surface area contributed by atoms with E-state index in [9.17, 15) is 4.79 Å².